The summed E-state index contributed by atoms with van der Waals surface area (Å²) in [5.41, 5.74) is 8.67. The Kier molecular flexibility index (Phi) is 3.48. The topological polar surface area (TPSA) is 75.0 Å². The number of benzene rings is 1. The Labute approximate surface area is 112 Å². The van der Waals surface area contributed by atoms with Gasteiger partial charge in [0.25, 0.3) is 0 Å². The largest absolute Gasteiger partial charge is 0.466 e. The van der Waals surface area contributed by atoms with E-state index in [0.29, 0.717) is 11.3 Å². The lowest BCUT2D eigenvalue weighted by atomic mass is 10.1. The van der Waals surface area contributed by atoms with Gasteiger partial charge in [0.05, 0.1) is 11.6 Å². The third kappa shape index (κ3) is 2.71. The molecule has 0 aliphatic rings. The van der Waals surface area contributed by atoms with E-state index in [1.807, 2.05) is 26.0 Å². The second-order valence-corrected chi connectivity index (χ2v) is 4.65. The average molecular weight is 255 g/mol. The first-order chi connectivity index (χ1) is 9.01. The van der Waals surface area contributed by atoms with E-state index in [4.69, 9.17) is 15.4 Å². The second kappa shape index (κ2) is 5.07. The smallest absolute Gasteiger partial charge is 0.106 e. The van der Waals surface area contributed by atoms with Crippen LogP contribution in [0.15, 0.2) is 28.7 Å². The molecule has 19 heavy (non-hydrogen) atoms. The molecule has 0 aliphatic heterocycles. The van der Waals surface area contributed by atoms with Gasteiger partial charge >= 0.3 is 0 Å². The van der Waals surface area contributed by atoms with Crippen LogP contribution in [-0.4, -0.2) is 0 Å². The minimum Gasteiger partial charge on any atom is -0.466 e. The number of hydrogen-bond donors (Lipinski definition) is 2. The van der Waals surface area contributed by atoms with Crippen molar-refractivity contribution in [2.24, 2.45) is 0 Å². The van der Waals surface area contributed by atoms with Crippen LogP contribution in [-0.2, 0) is 0 Å². The van der Waals surface area contributed by atoms with Crippen LogP contribution in [0.3, 0.4) is 0 Å². The van der Waals surface area contributed by atoms with Crippen molar-refractivity contribution in [2.45, 2.75) is 26.8 Å². The van der Waals surface area contributed by atoms with Gasteiger partial charge in [-0.1, -0.05) is 0 Å². The normalized spacial score (nSPS) is 11.9. The van der Waals surface area contributed by atoms with E-state index in [-0.39, 0.29) is 6.04 Å². The molecule has 3 N–H and O–H groups in total. The lowest BCUT2D eigenvalue weighted by Gasteiger charge is -2.15. The molecule has 1 unspecified atom stereocenters. The highest BCUT2D eigenvalue weighted by molar-refractivity contribution is 5.62. The van der Waals surface area contributed by atoms with E-state index < -0.39 is 0 Å². The zero-order valence-electron chi connectivity index (χ0n) is 11.3. The summed E-state index contributed by atoms with van der Waals surface area (Å²) in [6.45, 7) is 5.93. The number of nitrogens with two attached hydrogens (primary N) is 1. The first-order valence-electron chi connectivity index (χ1n) is 6.14. The van der Waals surface area contributed by atoms with E-state index in [0.717, 1.165) is 22.8 Å². The summed E-state index contributed by atoms with van der Waals surface area (Å²) >= 11 is 0. The first-order valence-corrected chi connectivity index (χ1v) is 6.14. The number of anilines is 2. The van der Waals surface area contributed by atoms with Gasteiger partial charge < -0.3 is 15.5 Å². The van der Waals surface area contributed by atoms with Crippen LogP contribution in [0, 0.1) is 25.2 Å². The SMILES string of the molecule is Cc1cc(C(C)Nc2ccc(N)c(C#N)c2)c(C)o1. The number of aryl methyl sites for hydroxylation is 2. The predicted octanol–water partition coefficient (Wildman–Crippen LogP) is 3.52. The van der Waals surface area contributed by atoms with Crippen LogP contribution in [0.5, 0.6) is 0 Å². The molecule has 1 heterocycles. The second-order valence-electron chi connectivity index (χ2n) is 4.65. The molecule has 0 fully saturated rings. The van der Waals surface area contributed by atoms with Crippen molar-refractivity contribution in [1.82, 2.24) is 0 Å². The van der Waals surface area contributed by atoms with Gasteiger partial charge in [-0.25, -0.2) is 0 Å². The van der Waals surface area contributed by atoms with Gasteiger partial charge in [0.15, 0.2) is 0 Å². The van der Waals surface area contributed by atoms with Crippen molar-refractivity contribution in [2.75, 3.05) is 11.1 Å². The molecule has 4 nitrogen and oxygen atoms in total. The van der Waals surface area contributed by atoms with Gasteiger partial charge in [0.2, 0.25) is 0 Å². The van der Waals surface area contributed by atoms with E-state index in [1.54, 1.807) is 12.1 Å². The number of nitrogen functional groups attached to an aromatic ring is 1. The van der Waals surface area contributed by atoms with Crippen molar-refractivity contribution >= 4 is 11.4 Å². The van der Waals surface area contributed by atoms with Crippen LogP contribution in [0.2, 0.25) is 0 Å². The minimum atomic E-state index is 0.104. The van der Waals surface area contributed by atoms with E-state index in [9.17, 15) is 0 Å². The molecule has 1 aromatic carbocycles. The van der Waals surface area contributed by atoms with E-state index in [2.05, 4.69) is 18.3 Å². The lowest BCUT2D eigenvalue weighted by Crippen LogP contribution is -2.07. The maximum Gasteiger partial charge on any atom is 0.106 e. The molecule has 0 saturated heterocycles. The highest BCUT2D eigenvalue weighted by Crippen LogP contribution is 2.26. The minimum absolute atomic E-state index is 0.104. The third-order valence-corrected chi connectivity index (χ3v) is 3.10. The Bertz CT molecular complexity index is 637. The third-order valence-electron chi connectivity index (χ3n) is 3.10. The van der Waals surface area contributed by atoms with Gasteiger partial charge in [0.1, 0.15) is 17.6 Å². The van der Waals surface area contributed by atoms with Gasteiger partial charge in [-0.3, -0.25) is 0 Å². The molecule has 2 rings (SSSR count). The molecular weight excluding hydrogens is 238 g/mol. The van der Waals surface area contributed by atoms with Crippen molar-refractivity contribution in [3.05, 3.63) is 46.9 Å². The number of rotatable bonds is 3. The monoisotopic (exact) mass is 255 g/mol. The molecule has 0 amide bonds. The Morgan fingerprint density at radius 1 is 1.32 bits per heavy atom. The maximum absolute atomic E-state index is 8.97. The lowest BCUT2D eigenvalue weighted by molar-refractivity contribution is 0.500. The highest BCUT2D eigenvalue weighted by atomic mass is 16.3. The molecule has 0 bridgehead atoms. The number of nitrogens with zero attached hydrogens (tertiary/aromatic N) is 1. The van der Waals surface area contributed by atoms with Gasteiger partial charge in [-0.2, -0.15) is 5.26 Å². The van der Waals surface area contributed by atoms with Crippen molar-refractivity contribution < 1.29 is 4.42 Å². The molecule has 4 heteroatoms. The summed E-state index contributed by atoms with van der Waals surface area (Å²) < 4.78 is 5.53. The zero-order chi connectivity index (χ0) is 14.0. The summed E-state index contributed by atoms with van der Waals surface area (Å²) in [5.74, 6) is 1.81. The Morgan fingerprint density at radius 2 is 2.05 bits per heavy atom. The molecule has 0 spiro atoms. The zero-order valence-corrected chi connectivity index (χ0v) is 11.3. The van der Waals surface area contributed by atoms with Crippen LogP contribution < -0.4 is 11.1 Å². The molecule has 98 valence electrons. The van der Waals surface area contributed by atoms with Crippen molar-refractivity contribution in [3.63, 3.8) is 0 Å². The summed E-state index contributed by atoms with van der Waals surface area (Å²) in [5, 5.41) is 12.3. The molecular formula is C15H17N3O. The molecule has 1 atom stereocenters. The van der Waals surface area contributed by atoms with Crippen LogP contribution in [0.1, 0.15) is 35.6 Å². The molecule has 0 radical (unpaired) electrons. The molecule has 1 aromatic heterocycles. The van der Waals surface area contributed by atoms with Crippen LogP contribution in [0.4, 0.5) is 11.4 Å². The Hall–Kier alpha value is -2.41. The van der Waals surface area contributed by atoms with Crippen LogP contribution >= 0.6 is 0 Å². The molecule has 0 aliphatic carbocycles. The van der Waals surface area contributed by atoms with E-state index >= 15 is 0 Å². The number of hydrogen-bond acceptors (Lipinski definition) is 4. The number of nitriles is 1. The quantitative estimate of drug-likeness (QED) is 0.823. The Balaban J connectivity index is 2.22. The van der Waals surface area contributed by atoms with Crippen LogP contribution in [0.25, 0.3) is 0 Å². The van der Waals surface area contributed by atoms with Gasteiger partial charge in [0, 0.05) is 16.9 Å². The van der Waals surface area contributed by atoms with Gasteiger partial charge in [-0.05, 0) is 45.0 Å². The summed E-state index contributed by atoms with van der Waals surface area (Å²) in [6.07, 6.45) is 0. The summed E-state index contributed by atoms with van der Waals surface area (Å²) in [7, 11) is 0. The fourth-order valence-corrected chi connectivity index (χ4v) is 2.15. The fraction of sp³-hybridized carbons (Fsp3) is 0.267. The number of nitrogens with one attached hydrogen (secondary N) is 1. The number of furan rings is 1. The first kappa shape index (κ1) is 13.0. The molecule has 2 aromatic rings. The van der Waals surface area contributed by atoms with Crippen molar-refractivity contribution in [1.29, 1.82) is 5.26 Å². The Morgan fingerprint density at radius 3 is 2.63 bits per heavy atom. The average Bonchev–Trinajstić information content (AvgIpc) is 2.71. The van der Waals surface area contributed by atoms with Gasteiger partial charge in [-0.15, -0.1) is 0 Å². The summed E-state index contributed by atoms with van der Waals surface area (Å²) in [6, 6.07) is 9.57. The highest BCUT2D eigenvalue weighted by Gasteiger charge is 2.13. The van der Waals surface area contributed by atoms with E-state index in [1.165, 1.54) is 0 Å². The van der Waals surface area contributed by atoms with Crippen molar-refractivity contribution in [3.8, 4) is 6.07 Å². The summed E-state index contributed by atoms with van der Waals surface area (Å²) in [4.78, 5) is 0. The predicted molar refractivity (Wildman–Crippen MR) is 75.8 cm³/mol. The fourth-order valence-electron chi connectivity index (χ4n) is 2.15. The standard InChI is InChI=1S/C15H17N3O/c1-9-6-14(11(3)19-9)10(2)18-13-4-5-15(17)12(7-13)8-16/h4-7,10,18H,17H2,1-3H3. The maximum atomic E-state index is 8.97. The molecule has 0 saturated carbocycles.